The van der Waals surface area contributed by atoms with E-state index >= 15 is 0 Å². The predicted octanol–water partition coefficient (Wildman–Crippen LogP) is -0.941. The summed E-state index contributed by atoms with van der Waals surface area (Å²) in [4.78, 5) is 9.99. The van der Waals surface area contributed by atoms with Crippen molar-refractivity contribution < 1.29 is 42.7 Å². The van der Waals surface area contributed by atoms with Gasteiger partial charge in [0.05, 0.1) is 16.8 Å². The molecule has 1 fully saturated rings. The van der Waals surface area contributed by atoms with Crippen LogP contribution in [0.25, 0.3) is 0 Å². The first kappa shape index (κ1) is 19.5. The van der Waals surface area contributed by atoms with Crippen molar-refractivity contribution in [1.82, 2.24) is 0 Å². The van der Waals surface area contributed by atoms with E-state index < -0.39 is 51.5 Å². The Labute approximate surface area is 142 Å². The number of aliphatic hydroxyl groups is 3. The molecule has 1 aliphatic heterocycles. The highest BCUT2D eigenvalue weighted by Gasteiger charge is 2.45. The van der Waals surface area contributed by atoms with Crippen molar-refractivity contribution in [3.63, 3.8) is 0 Å². The van der Waals surface area contributed by atoms with Crippen molar-refractivity contribution in [3.05, 3.63) is 34.4 Å². The number of non-ortho nitro benzene ring substituents is 1. The molecule has 0 bridgehead atoms. The standard InChI is InChI=1S/C13H17NO10S/c15-10-9(5-6-25(20,21)22)24-13(12(17)11(10)16)23-8-3-1-7(2-4-8)14(18)19/h1-4,9-13,15-17H,5-6H2,(H,20,21,22)/t9-,10-,11+,12+,13+/m1/s1. The van der Waals surface area contributed by atoms with Crippen LogP contribution in [0.2, 0.25) is 0 Å². The van der Waals surface area contributed by atoms with E-state index in [0.717, 1.165) is 12.1 Å². The fourth-order valence-electron chi connectivity index (χ4n) is 2.30. The highest BCUT2D eigenvalue weighted by molar-refractivity contribution is 7.85. The van der Waals surface area contributed by atoms with Crippen molar-refractivity contribution in [2.24, 2.45) is 0 Å². The second-order valence-electron chi connectivity index (χ2n) is 5.46. The van der Waals surface area contributed by atoms with Crippen molar-refractivity contribution in [3.8, 4) is 5.75 Å². The van der Waals surface area contributed by atoms with Gasteiger partial charge in [0.2, 0.25) is 6.29 Å². The highest BCUT2D eigenvalue weighted by Crippen LogP contribution is 2.27. The van der Waals surface area contributed by atoms with E-state index in [1.807, 2.05) is 0 Å². The molecule has 1 aliphatic rings. The number of hydrogen-bond acceptors (Lipinski definition) is 9. The smallest absolute Gasteiger partial charge is 0.269 e. The van der Waals surface area contributed by atoms with Gasteiger partial charge in [-0.2, -0.15) is 8.42 Å². The van der Waals surface area contributed by atoms with Gasteiger partial charge in [-0.25, -0.2) is 0 Å². The number of hydrogen-bond donors (Lipinski definition) is 4. The summed E-state index contributed by atoms with van der Waals surface area (Å²) >= 11 is 0. The maximum absolute atomic E-state index is 10.8. The van der Waals surface area contributed by atoms with Gasteiger partial charge in [0.1, 0.15) is 24.1 Å². The summed E-state index contributed by atoms with van der Waals surface area (Å²) in [5.41, 5.74) is -0.182. The van der Waals surface area contributed by atoms with Crippen molar-refractivity contribution in [2.45, 2.75) is 37.1 Å². The quantitative estimate of drug-likeness (QED) is 0.274. The second kappa shape index (κ2) is 7.59. The molecule has 1 heterocycles. The molecule has 0 amide bonds. The maximum Gasteiger partial charge on any atom is 0.269 e. The van der Waals surface area contributed by atoms with Crippen LogP contribution in [0.3, 0.4) is 0 Å². The van der Waals surface area contributed by atoms with Crippen LogP contribution in [0.15, 0.2) is 24.3 Å². The molecule has 0 aliphatic carbocycles. The van der Waals surface area contributed by atoms with Crippen molar-refractivity contribution >= 4 is 15.8 Å². The summed E-state index contributed by atoms with van der Waals surface area (Å²) in [6, 6.07) is 4.81. The molecule has 0 aromatic heterocycles. The molecule has 2 rings (SSSR count). The van der Waals surface area contributed by atoms with E-state index in [1.165, 1.54) is 12.1 Å². The summed E-state index contributed by atoms with van der Waals surface area (Å²) < 4.78 is 40.9. The molecule has 11 nitrogen and oxygen atoms in total. The van der Waals surface area contributed by atoms with Crippen LogP contribution in [-0.4, -0.2) is 69.7 Å². The monoisotopic (exact) mass is 379 g/mol. The Bertz CT molecular complexity index is 706. The maximum atomic E-state index is 10.8. The van der Waals surface area contributed by atoms with Crippen LogP contribution in [-0.2, 0) is 14.9 Å². The third-order valence-corrected chi connectivity index (χ3v) is 4.38. The number of nitro benzene ring substituents is 1. The minimum Gasteiger partial charge on any atom is -0.462 e. The Balaban J connectivity index is 2.08. The zero-order valence-corrected chi connectivity index (χ0v) is 13.5. The summed E-state index contributed by atoms with van der Waals surface area (Å²) in [5, 5.41) is 40.2. The van der Waals surface area contributed by atoms with E-state index in [4.69, 9.17) is 14.0 Å². The molecule has 0 unspecified atom stereocenters. The predicted molar refractivity (Wildman–Crippen MR) is 81.4 cm³/mol. The lowest BCUT2D eigenvalue weighted by Crippen LogP contribution is -2.59. The molecule has 140 valence electrons. The third-order valence-electron chi connectivity index (χ3n) is 3.63. The first-order valence-corrected chi connectivity index (χ1v) is 8.75. The van der Waals surface area contributed by atoms with Gasteiger partial charge in [0, 0.05) is 12.1 Å². The largest absolute Gasteiger partial charge is 0.462 e. The summed E-state index contributed by atoms with van der Waals surface area (Å²) in [5.74, 6) is -0.631. The average molecular weight is 379 g/mol. The first-order valence-electron chi connectivity index (χ1n) is 7.14. The van der Waals surface area contributed by atoms with E-state index in [2.05, 4.69) is 0 Å². The molecule has 12 heteroatoms. The third kappa shape index (κ3) is 5.07. The fourth-order valence-corrected chi connectivity index (χ4v) is 2.83. The van der Waals surface area contributed by atoms with Gasteiger partial charge in [0.25, 0.3) is 15.8 Å². The zero-order valence-electron chi connectivity index (χ0n) is 12.7. The molecule has 25 heavy (non-hydrogen) atoms. The molecule has 1 saturated heterocycles. The van der Waals surface area contributed by atoms with Gasteiger partial charge in [-0.15, -0.1) is 0 Å². The van der Waals surface area contributed by atoms with Gasteiger partial charge in [-0.05, 0) is 18.6 Å². The number of ether oxygens (including phenoxy) is 2. The number of aliphatic hydroxyl groups excluding tert-OH is 3. The number of nitrogens with zero attached hydrogens (tertiary/aromatic N) is 1. The van der Waals surface area contributed by atoms with Gasteiger partial charge in [-0.1, -0.05) is 0 Å². The van der Waals surface area contributed by atoms with Gasteiger partial charge >= 0.3 is 0 Å². The second-order valence-corrected chi connectivity index (χ2v) is 7.03. The first-order chi connectivity index (χ1) is 11.6. The van der Waals surface area contributed by atoms with E-state index in [0.29, 0.717) is 0 Å². The van der Waals surface area contributed by atoms with E-state index in [1.54, 1.807) is 0 Å². The lowest BCUT2D eigenvalue weighted by Gasteiger charge is -2.40. The Morgan fingerprint density at radius 1 is 1.12 bits per heavy atom. The Kier molecular flexibility index (Phi) is 5.92. The summed E-state index contributed by atoms with van der Waals surface area (Å²) in [6.07, 6.45) is -7.93. The summed E-state index contributed by atoms with van der Waals surface area (Å²) in [6.45, 7) is 0. The highest BCUT2D eigenvalue weighted by atomic mass is 32.2. The van der Waals surface area contributed by atoms with Crippen LogP contribution in [0.1, 0.15) is 6.42 Å². The van der Waals surface area contributed by atoms with Crippen molar-refractivity contribution in [2.75, 3.05) is 5.75 Å². The van der Waals surface area contributed by atoms with Crippen LogP contribution in [0, 0.1) is 10.1 Å². The molecule has 1 aromatic carbocycles. The molecule has 4 N–H and O–H groups in total. The van der Waals surface area contributed by atoms with Gasteiger partial charge in [0.15, 0.2) is 0 Å². The van der Waals surface area contributed by atoms with Crippen LogP contribution in [0.4, 0.5) is 5.69 Å². The molecule has 0 spiro atoms. The minimum atomic E-state index is -4.31. The molecule has 0 radical (unpaired) electrons. The molecular formula is C13H17NO10S. The molecular weight excluding hydrogens is 362 g/mol. The molecule has 1 aromatic rings. The van der Waals surface area contributed by atoms with Crippen LogP contribution in [0.5, 0.6) is 5.75 Å². The molecule has 0 saturated carbocycles. The van der Waals surface area contributed by atoms with E-state index in [9.17, 15) is 33.9 Å². The van der Waals surface area contributed by atoms with Crippen molar-refractivity contribution in [1.29, 1.82) is 0 Å². The number of nitro groups is 1. The lowest BCUT2D eigenvalue weighted by molar-refractivity contribution is -0.384. The van der Waals surface area contributed by atoms with Gasteiger partial charge < -0.3 is 24.8 Å². The topological polar surface area (TPSA) is 177 Å². The number of benzene rings is 1. The fraction of sp³-hybridized carbons (Fsp3) is 0.538. The van der Waals surface area contributed by atoms with Crippen LogP contribution < -0.4 is 4.74 Å². The number of rotatable bonds is 6. The average Bonchev–Trinajstić information content (AvgIpc) is 2.54. The van der Waals surface area contributed by atoms with Crippen LogP contribution >= 0.6 is 0 Å². The van der Waals surface area contributed by atoms with Gasteiger partial charge in [-0.3, -0.25) is 14.7 Å². The normalized spacial score (nSPS) is 30.0. The Morgan fingerprint density at radius 2 is 1.72 bits per heavy atom. The zero-order chi connectivity index (χ0) is 18.8. The molecule has 5 atom stereocenters. The summed E-state index contributed by atoms with van der Waals surface area (Å²) in [7, 11) is -4.31. The van der Waals surface area contributed by atoms with E-state index in [-0.39, 0.29) is 17.9 Å². The lowest BCUT2D eigenvalue weighted by atomic mass is 9.97. The minimum absolute atomic E-state index is 0.0896. The SMILES string of the molecule is O=[N+]([O-])c1ccc(O[C@H]2O[C@H](CCS(=O)(=O)O)[C@@H](O)[C@H](O)[C@@H]2O)cc1. The Morgan fingerprint density at radius 3 is 2.24 bits per heavy atom. The Hall–Kier alpha value is -1.83.